The van der Waals surface area contributed by atoms with Crippen molar-refractivity contribution in [3.8, 4) is 0 Å². The summed E-state index contributed by atoms with van der Waals surface area (Å²) in [4.78, 5) is 16.1. The van der Waals surface area contributed by atoms with Crippen molar-refractivity contribution in [3.63, 3.8) is 0 Å². The van der Waals surface area contributed by atoms with Crippen LogP contribution in [0.4, 0.5) is 4.79 Å². The van der Waals surface area contributed by atoms with E-state index < -0.39 is 12.2 Å². The van der Waals surface area contributed by atoms with Crippen molar-refractivity contribution < 1.29 is 15.0 Å². The summed E-state index contributed by atoms with van der Waals surface area (Å²) in [6.07, 6.45) is -1.89. The van der Waals surface area contributed by atoms with Crippen molar-refractivity contribution in [1.82, 2.24) is 9.80 Å². The fourth-order valence-electron chi connectivity index (χ4n) is 2.92. The highest BCUT2D eigenvalue weighted by Gasteiger charge is 2.33. The molecule has 2 aromatic rings. The zero-order valence-electron chi connectivity index (χ0n) is 13.5. The van der Waals surface area contributed by atoms with Crippen molar-refractivity contribution in [2.45, 2.75) is 25.3 Å². The van der Waals surface area contributed by atoms with E-state index in [0.29, 0.717) is 13.1 Å². The molecule has 0 spiro atoms. The van der Waals surface area contributed by atoms with E-state index in [4.69, 9.17) is 0 Å². The summed E-state index contributed by atoms with van der Waals surface area (Å²) in [6.45, 7) is 1.07. The number of aliphatic hydroxyl groups is 2. The molecule has 0 aromatic heterocycles. The predicted molar refractivity (Wildman–Crippen MR) is 91.1 cm³/mol. The van der Waals surface area contributed by atoms with Crippen LogP contribution in [0.5, 0.6) is 0 Å². The lowest BCUT2D eigenvalue weighted by Crippen LogP contribution is -2.42. The zero-order valence-corrected chi connectivity index (χ0v) is 13.5. The molecule has 2 amide bonds. The first-order valence-electron chi connectivity index (χ1n) is 8.11. The molecule has 5 nitrogen and oxygen atoms in total. The number of aliphatic hydroxyl groups excluding tert-OH is 2. The molecule has 126 valence electrons. The first-order valence-corrected chi connectivity index (χ1v) is 8.11. The summed E-state index contributed by atoms with van der Waals surface area (Å²) in [5.74, 6) is 0. The minimum Gasteiger partial charge on any atom is -0.388 e. The third kappa shape index (κ3) is 3.93. The summed E-state index contributed by atoms with van der Waals surface area (Å²) < 4.78 is 0. The Hall–Kier alpha value is -2.37. The molecular weight excluding hydrogens is 304 g/mol. The van der Waals surface area contributed by atoms with E-state index >= 15 is 0 Å². The molecule has 0 saturated carbocycles. The number of urea groups is 1. The Morgan fingerprint density at radius 3 is 1.50 bits per heavy atom. The molecule has 5 heteroatoms. The Labute approximate surface area is 141 Å². The Balaban J connectivity index is 1.79. The summed E-state index contributed by atoms with van der Waals surface area (Å²) in [5, 5.41) is 20.3. The van der Waals surface area contributed by atoms with Crippen LogP contribution in [-0.2, 0) is 13.1 Å². The number of carbonyl (C=O) groups is 1. The monoisotopic (exact) mass is 326 g/mol. The van der Waals surface area contributed by atoms with Crippen LogP contribution in [0.3, 0.4) is 0 Å². The van der Waals surface area contributed by atoms with Crippen molar-refractivity contribution in [3.05, 3.63) is 71.8 Å². The molecular formula is C19H22N2O3. The van der Waals surface area contributed by atoms with E-state index in [1.54, 1.807) is 9.80 Å². The lowest BCUT2D eigenvalue weighted by Gasteiger charge is -2.28. The highest BCUT2D eigenvalue weighted by atomic mass is 16.3. The van der Waals surface area contributed by atoms with Crippen molar-refractivity contribution in [2.75, 3.05) is 13.1 Å². The quantitative estimate of drug-likeness (QED) is 0.901. The molecule has 2 N–H and O–H groups in total. The Kier molecular flexibility index (Phi) is 5.13. The van der Waals surface area contributed by atoms with Gasteiger partial charge in [0.2, 0.25) is 0 Å². The lowest BCUT2D eigenvalue weighted by atomic mass is 10.1. The standard InChI is InChI=1S/C19H22N2O3/c22-17-13-20(11-15-7-3-1-4-8-15)19(24)21(14-18(17)23)12-16-9-5-2-6-10-16/h1-10,17-18,22-23H,11-14H2/t17-,18-/m1/s1. The van der Waals surface area contributed by atoms with Gasteiger partial charge in [0, 0.05) is 13.1 Å². The maximum atomic E-state index is 12.9. The van der Waals surface area contributed by atoms with Gasteiger partial charge in [-0.1, -0.05) is 60.7 Å². The van der Waals surface area contributed by atoms with E-state index in [9.17, 15) is 15.0 Å². The summed E-state index contributed by atoms with van der Waals surface area (Å²) in [5.41, 5.74) is 1.99. The van der Waals surface area contributed by atoms with Gasteiger partial charge in [-0.3, -0.25) is 0 Å². The molecule has 24 heavy (non-hydrogen) atoms. The molecule has 2 aromatic carbocycles. The number of carbonyl (C=O) groups excluding carboxylic acids is 1. The van der Waals surface area contributed by atoms with E-state index in [1.807, 2.05) is 60.7 Å². The second-order valence-electron chi connectivity index (χ2n) is 6.15. The van der Waals surface area contributed by atoms with Crippen LogP contribution in [0.15, 0.2) is 60.7 Å². The molecule has 2 atom stereocenters. The smallest absolute Gasteiger partial charge is 0.320 e. The number of β-amino-alcohol motifs (C(OH)–C–C–N with tert-alkyl or cyclic N) is 2. The molecule has 0 aliphatic carbocycles. The number of nitrogens with zero attached hydrogens (tertiary/aromatic N) is 2. The van der Waals surface area contributed by atoms with E-state index in [2.05, 4.69) is 0 Å². The Bertz CT molecular complexity index is 605. The predicted octanol–water partition coefficient (Wildman–Crippen LogP) is 1.85. The van der Waals surface area contributed by atoms with Gasteiger partial charge in [-0.05, 0) is 11.1 Å². The second kappa shape index (κ2) is 7.47. The van der Waals surface area contributed by atoms with Gasteiger partial charge in [-0.25, -0.2) is 4.79 Å². The van der Waals surface area contributed by atoms with Crippen LogP contribution in [0.2, 0.25) is 0 Å². The number of rotatable bonds is 4. The molecule has 1 heterocycles. The Morgan fingerprint density at radius 1 is 0.750 bits per heavy atom. The van der Waals surface area contributed by atoms with Crippen molar-refractivity contribution in [2.24, 2.45) is 0 Å². The van der Waals surface area contributed by atoms with Gasteiger partial charge < -0.3 is 20.0 Å². The van der Waals surface area contributed by atoms with Crippen LogP contribution < -0.4 is 0 Å². The zero-order chi connectivity index (χ0) is 16.9. The van der Waals surface area contributed by atoms with Crippen LogP contribution in [0.1, 0.15) is 11.1 Å². The fourth-order valence-corrected chi connectivity index (χ4v) is 2.92. The molecule has 1 saturated heterocycles. The molecule has 1 aliphatic rings. The van der Waals surface area contributed by atoms with Gasteiger partial charge in [-0.2, -0.15) is 0 Å². The van der Waals surface area contributed by atoms with Crippen LogP contribution >= 0.6 is 0 Å². The third-order valence-corrected chi connectivity index (χ3v) is 4.23. The van der Waals surface area contributed by atoms with Crippen LogP contribution in [0.25, 0.3) is 0 Å². The van der Waals surface area contributed by atoms with E-state index in [1.165, 1.54) is 0 Å². The Morgan fingerprint density at radius 2 is 1.12 bits per heavy atom. The summed E-state index contributed by atoms with van der Waals surface area (Å²) in [7, 11) is 0. The SMILES string of the molecule is O=C1N(Cc2ccccc2)C[C@@H](O)[C@H](O)CN1Cc1ccccc1. The highest BCUT2D eigenvalue weighted by molar-refractivity contribution is 5.75. The third-order valence-electron chi connectivity index (χ3n) is 4.23. The topological polar surface area (TPSA) is 64.0 Å². The van der Waals surface area contributed by atoms with Gasteiger partial charge >= 0.3 is 6.03 Å². The van der Waals surface area contributed by atoms with Gasteiger partial charge in [0.05, 0.1) is 25.3 Å². The van der Waals surface area contributed by atoms with Gasteiger partial charge in [0.25, 0.3) is 0 Å². The minimum atomic E-state index is -0.946. The normalized spacial score (nSPS) is 21.7. The molecule has 1 aliphatic heterocycles. The van der Waals surface area contributed by atoms with E-state index in [0.717, 1.165) is 11.1 Å². The summed E-state index contributed by atoms with van der Waals surface area (Å²) in [6, 6.07) is 19.2. The van der Waals surface area contributed by atoms with E-state index in [-0.39, 0.29) is 19.1 Å². The van der Waals surface area contributed by atoms with Crippen LogP contribution in [-0.4, -0.2) is 51.3 Å². The average molecular weight is 326 g/mol. The lowest BCUT2D eigenvalue weighted by molar-refractivity contribution is 0.00888. The number of amides is 2. The van der Waals surface area contributed by atoms with Crippen molar-refractivity contribution in [1.29, 1.82) is 0 Å². The number of hydrogen-bond donors (Lipinski definition) is 2. The second-order valence-corrected chi connectivity index (χ2v) is 6.15. The minimum absolute atomic E-state index is 0.125. The summed E-state index contributed by atoms with van der Waals surface area (Å²) >= 11 is 0. The van der Waals surface area contributed by atoms with Crippen molar-refractivity contribution >= 4 is 6.03 Å². The fraction of sp³-hybridized carbons (Fsp3) is 0.316. The average Bonchev–Trinajstić information content (AvgIpc) is 2.69. The number of hydrogen-bond acceptors (Lipinski definition) is 3. The van der Waals surface area contributed by atoms with Crippen LogP contribution in [0, 0.1) is 0 Å². The number of benzene rings is 2. The maximum absolute atomic E-state index is 12.9. The van der Waals surface area contributed by atoms with Gasteiger partial charge in [-0.15, -0.1) is 0 Å². The molecule has 3 rings (SSSR count). The largest absolute Gasteiger partial charge is 0.388 e. The first-order chi connectivity index (χ1) is 11.6. The molecule has 0 unspecified atom stereocenters. The van der Waals surface area contributed by atoms with Gasteiger partial charge in [0.15, 0.2) is 0 Å². The van der Waals surface area contributed by atoms with Gasteiger partial charge in [0.1, 0.15) is 0 Å². The first kappa shape index (κ1) is 16.5. The molecule has 0 bridgehead atoms. The molecule has 1 fully saturated rings. The maximum Gasteiger partial charge on any atom is 0.320 e. The molecule has 0 radical (unpaired) electrons. The highest BCUT2D eigenvalue weighted by Crippen LogP contribution is 2.17.